The summed E-state index contributed by atoms with van der Waals surface area (Å²) >= 11 is 0. The summed E-state index contributed by atoms with van der Waals surface area (Å²) in [6.45, 7) is 3.46. The maximum Gasteiger partial charge on any atom is 0.338 e. The summed E-state index contributed by atoms with van der Waals surface area (Å²) in [5.41, 5.74) is -0.0953. The number of ether oxygens (including phenoxy) is 2. The van der Waals surface area contributed by atoms with Gasteiger partial charge in [-0.1, -0.05) is 36.4 Å². The fourth-order valence-electron chi connectivity index (χ4n) is 3.39. The first kappa shape index (κ1) is 19.1. The Morgan fingerprint density at radius 2 is 1.63 bits per heavy atom. The van der Waals surface area contributed by atoms with Crippen LogP contribution in [0.2, 0.25) is 0 Å². The molecule has 2 aromatic carbocycles. The summed E-state index contributed by atoms with van der Waals surface area (Å²) in [6.07, 6.45) is -2.32. The van der Waals surface area contributed by atoms with Crippen LogP contribution in [0, 0.1) is 0 Å². The number of benzene rings is 2. The van der Waals surface area contributed by atoms with E-state index in [9.17, 15) is 14.7 Å². The van der Waals surface area contributed by atoms with E-state index >= 15 is 0 Å². The van der Waals surface area contributed by atoms with Crippen LogP contribution in [0.3, 0.4) is 0 Å². The second-order valence-corrected chi connectivity index (χ2v) is 6.93. The van der Waals surface area contributed by atoms with E-state index in [0.29, 0.717) is 11.1 Å². The molecule has 0 spiro atoms. The number of nitrogens with one attached hydrogen (secondary N) is 1. The van der Waals surface area contributed by atoms with Gasteiger partial charge in [0.2, 0.25) is 0 Å². The highest BCUT2D eigenvalue weighted by Crippen LogP contribution is 2.31. The molecular formula is C21H23NO5. The van der Waals surface area contributed by atoms with Crippen LogP contribution in [0.4, 0.5) is 0 Å². The molecule has 1 aliphatic rings. The normalized spacial score (nSPS) is 27.6. The topological polar surface area (TPSA) is 84.9 Å². The van der Waals surface area contributed by atoms with Gasteiger partial charge in [-0.05, 0) is 38.1 Å². The maximum absolute atomic E-state index is 12.7. The number of aliphatic hydroxyl groups excluding tert-OH is 1. The Labute approximate surface area is 158 Å². The third kappa shape index (κ3) is 4.35. The predicted molar refractivity (Wildman–Crippen MR) is 99.1 cm³/mol. The number of hydrogen-bond donors (Lipinski definition) is 2. The predicted octanol–water partition coefficient (Wildman–Crippen LogP) is 2.53. The van der Waals surface area contributed by atoms with Crippen LogP contribution < -0.4 is 5.32 Å². The quantitative estimate of drug-likeness (QED) is 0.809. The molecule has 0 aromatic heterocycles. The van der Waals surface area contributed by atoms with Crippen LogP contribution in [-0.2, 0) is 9.47 Å². The lowest BCUT2D eigenvalue weighted by Crippen LogP contribution is -2.64. The fraction of sp³-hybridized carbons (Fsp3) is 0.333. The molecule has 1 aliphatic heterocycles. The van der Waals surface area contributed by atoms with Crippen molar-refractivity contribution in [2.45, 2.75) is 44.3 Å². The minimum atomic E-state index is -1.06. The molecule has 6 nitrogen and oxygen atoms in total. The van der Waals surface area contributed by atoms with Crippen LogP contribution in [0.15, 0.2) is 60.7 Å². The molecule has 0 unspecified atom stereocenters. The Hall–Kier alpha value is -2.70. The summed E-state index contributed by atoms with van der Waals surface area (Å²) in [5, 5.41) is 13.0. The molecule has 1 amide bonds. The molecule has 0 saturated carbocycles. The first-order valence-corrected chi connectivity index (χ1v) is 8.86. The van der Waals surface area contributed by atoms with E-state index in [1.165, 1.54) is 0 Å². The van der Waals surface area contributed by atoms with Crippen molar-refractivity contribution in [1.82, 2.24) is 5.32 Å². The van der Waals surface area contributed by atoms with Gasteiger partial charge >= 0.3 is 5.97 Å². The standard InChI is InChI=1S/C21H23NO5/c1-14-18(27-20(25)16-11-7-4-8-12-16)21(2,13-17(23)26-14)22-19(24)15-9-5-3-6-10-15/h3-12,14,17-18,23H,13H2,1-2H3,(H,22,24)/t14-,17+,18+,21+/m0/s1. The van der Waals surface area contributed by atoms with Crippen LogP contribution in [0.1, 0.15) is 41.0 Å². The zero-order chi connectivity index (χ0) is 19.4. The molecule has 1 heterocycles. The number of rotatable bonds is 4. The third-order valence-corrected chi connectivity index (χ3v) is 4.70. The highest BCUT2D eigenvalue weighted by Gasteiger charge is 2.48. The van der Waals surface area contributed by atoms with Crippen molar-refractivity contribution in [1.29, 1.82) is 0 Å². The molecule has 27 heavy (non-hydrogen) atoms. The average Bonchev–Trinajstić information content (AvgIpc) is 2.65. The fourth-order valence-corrected chi connectivity index (χ4v) is 3.39. The van der Waals surface area contributed by atoms with Gasteiger partial charge in [0.15, 0.2) is 12.4 Å². The zero-order valence-electron chi connectivity index (χ0n) is 15.3. The van der Waals surface area contributed by atoms with Gasteiger partial charge in [0, 0.05) is 12.0 Å². The molecule has 0 radical (unpaired) electrons. The van der Waals surface area contributed by atoms with Crippen molar-refractivity contribution >= 4 is 11.9 Å². The molecule has 6 heteroatoms. The van der Waals surface area contributed by atoms with Crippen molar-refractivity contribution in [3.8, 4) is 0 Å². The summed E-state index contributed by atoms with van der Waals surface area (Å²) in [6, 6.07) is 17.4. The molecule has 0 bridgehead atoms. The van der Waals surface area contributed by atoms with Gasteiger partial charge in [0.25, 0.3) is 5.91 Å². The lowest BCUT2D eigenvalue weighted by Gasteiger charge is -2.46. The monoisotopic (exact) mass is 369 g/mol. The first-order chi connectivity index (χ1) is 12.9. The van der Waals surface area contributed by atoms with E-state index in [-0.39, 0.29) is 12.3 Å². The van der Waals surface area contributed by atoms with Crippen LogP contribution in [0.5, 0.6) is 0 Å². The Morgan fingerprint density at radius 1 is 1.07 bits per heavy atom. The number of carbonyl (C=O) groups excluding carboxylic acids is 2. The van der Waals surface area contributed by atoms with Crippen molar-refractivity contribution in [2.24, 2.45) is 0 Å². The molecule has 3 rings (SSSR count). The lowest BCUT2D eigenvalue weighted by molar-refractivity contribution is -0.219. The number of aliphatic hydroxyl groups is 1. The van der Waals surface area contributed by atoms with Gasteiger partial charge in [-0.2, -0.15) is 0 Å². The summed E-state index contributed by atoms with van der Waals surface area (Å²) in [5.74, 6) is -0.812. The highest BCUT2D eigenvalue weighted by atomic mass is 16.6. The van der Waals surface area contributed by atoms with Gasteiger partial charge in [-0.15, -0.1) is 0 Å². The molecule has 1 fully saturated rings. The molecule has 2 aromatic rings. The van der Waals surface area contributed by atoms with E-state index in [0.717, 1.165) is 0 Å². The largest absolute Gasteiger partial charge is 0.454 e. The van der Waals surface area contributed by atoms with E-state index in [1.54, 1.807) is 62.4 Å². The highest BCUT2D eigenvalue weighted by molar-refractivity contribution is 5.94. The van der Waals surface area contributed by atoms with E-state index < -0.39 is 30.0 Å². The van der Waals surface area contributed by atoms with E-state index in [2.05, 4.69) is 5.32 Å². The Bertz CT molecular complexity index is 795. The second-order valence-electron chi connectivity index (χ2n) is 6.93. The minimum Gasteiger partial charge on any atom is -0.454 e. The van der Waals surface area contributed by atoms with Crippen molar-refractivity contribution in [3.05, 3.63) is 71.8 Å². The Kier molecular flexibility index (Phi) is 5.58. The number of amides is 1. The number of hydrogen-bond acceptors (Lipinski definition) is 5. The molecule has 2 N–H and O–H groups in total. The molecule has 4 atom stereocenters. The average molecular weight is 369 g/mol. The Morgan fingerprint density at radius 3 is 2.22 bits per heavy atom. The molecule has 0 aliphatic carbocycles. The van der Waals surface area contributed by atoms with Gasteiger partial charge in [0.1, 0.15) is 0 Å². The summed E-state index contributed by atoms with van der Waals surface area (Å²) in [7, 11) is 0. The van der Waals surface area contributed by atoms with Crippen LogP contribution in [0.25, 0.3) is 0 Å². The molecular weight excluding hydrogens is 346 g/mol. The van der Waals surface area contributed by atoms with Crippen molar-refractivity contribution in [3.63, 3.8) is 0 Å². The number of esters is 1. The van der Waals surface area contributed by atoms with Crippen molar-refractivity contribution in [2.75, 3.05) is 0 Å². The SMILES string of the molecule is C[C@@H]1O[C@@H](O)C[C@@](C)(NC(=O)c2ccccc2)[C@@H]1OC(=O)c1ccccc1. The van der Waals surface area contributed by atoms with Crippen LogP contribution in [-0.4, -0.2) is 41.0 Å². The van der Waals surface area contributed by atoms with Gasteiger partial charge in [0.05, 0.1) is 17.2 Å². The Balaban J connectivity index is 1.82. The zero-order valence-corrected chi connectivity index (χ0v) is 15.3. The van der Waals surface area contributed by atoms with E-state index in [1.807, 2.05) is 12.1 Å². The maximum atomic E-state index is 12.7. The van der Waals surface area contributed by atoms with Gasteiger partial charge < -0.3 is 19.9 Å². The van der Waals surface area contributed by atoms with Gasteiger partial charge in [-0.3, -0.25) is 4.79 Å². The summed E-state index contributed by atoms with van der Waals surface area (Å²) < 4.78 is 11.1. The van der Waals surface area contributed by atoms with Gasteiger partial charge in [-0.25, -0.2) is 4.79 Å². The minimum absolute atomic E-state index is 0.0999. The second kappa shape index (κ2) is 7.90. The lowest BCUT2D eigenvalue weighted by atomic mass is 9.84. The van der Waals surface area contributed by atoms with Crippen molar-refractivity contribution < 1.29 is 24.2 Å². The summed E-state index contributed by atoms with van der Waals surface area (Å²) in [4.78, 5) is 25.2. The molecule has 142 valence electrons. The third-order valence-electron chi connectivity index (χ3n) is 4.70. The molecule has 1 saturated heterocycles. The smallest absolute Gasteiger partial charge is 0.338 e. The first-order valence-electron chi connectivity index (χ1n) is 8.86. The van der Waals surface area contributed by atoms with E-state index in [4.69, 9.17) is 9.47 Å². The van der Waals surface area contributed by atoms with Crippen LogP contribution >= 0.6 is 0 Å². The number of carbonyl (C=O) groups is 2.